The first-order valence-corrected chi connectivity index (χ1v) is 8.68. The van der Waals surface area contributed by atoms with Crippen molar-refractivity contribution < 1.29 is 13.2 Å². The van der Waals surface area contributed by atoms with E-state index in [1.54, 1.807) is 6.07 Å². The van der Waals surface area contributed by atoms with Crippen LogP contribution in [0.2, 0.25) is 0 Å². The van der Waals surface area contributed by atoms with Gasteiger partial charge in [-0.15, -0.1) is 0 Å². The number of pyridine rings is 1. The average molecular weight is 366 g/mol. The number of alkyl halides is 3. The van der Waals surface area contributed by atoms with Crippen molar-refractivity contribution in [3.8, 4) is 0 Å². The van der Waals surface area contributed by atoms with E-state index in [9.17, 15) is 13.2 Å². The summed E-state index contributed by atoms with van der Waals surface area (Å²) >= 11 is 0. The number of anilines is 1. The zero-order valence-electron chi connectivity index (χ0n) is 14.4. The van der Waals surface area contributed by atoms with Gasteiger partial charge in [0.25, 0.3) is 0 Å². The molecule has 0 radical (unpaired) electrons. The Kier molecular flexibility index (Phi) is 4.44. The summed E-state index contributed by atoms with van der Waals surface area (Å²) in [6.45, 7) is 0.679. The molecule has 0 amide bonds. The lowest BCUT2D eigenvalue weighted by Crippen LogP contribution is -2.07. The van der Waals surface area contributed by atoms with E-state index in [4.69, 9.17) is 0 Å². The molecule has 0 aliphatic heterocycles. The minimum absolute atomic E-state index is 0.334. The number of hydrogen-bond donors (Lipinski definition) is 1. The Morgan fingerprint density at radius 3 is 2.48 bits per heavy atom. The second-order valence-corrected chi connectivity index (χ2v) is 6.45. The minimum atomic E-state index is -4.37. The Labute approximate surface area is 154 Å². The van der Waals surface area contributed by atoms with Crippen LogP contribution in [0, 0.1) is 0 Å². The minimum Gasteiger partial charge on any atom is -0.384 e. The van der Waals surface area contributed by atoms with Crippen molar-refractivity contribution >= 4 is 27.4 Å². The second-order valence-electron chi connectivity index (χ2n) is 6.45. The molecule has 136 valence electrons. The van der Waals surface area contributed by atoms with Crippen LogP contribution in [0.1, 0.15) is 11.1 Å². The highest BCUT2D eigenvalue weighted by molar-refractivity contribution is 5.91. The van der Waals surface area contributed by atoms with Gasteiger partial charge in [0.15, 0.2) is 0 Å². The van der Waals surface area contributed by atoms with Crippen LogP contribution >= 0.6 is 0 Å². The normalized spacial score (nSPS) is 11.8. The fourth-order valence-electron chi connectivity index (χ4n) is 3.21. The summed E-state index contributed by atoms with van der Waals surface area (Å²) in [4.78, 5) is 4.08. The Hall–Kier alpha value is -3.08. The standard InChI is InChI=1S/C22H17F3N2/c23-22(24,25)18-7-8-19-20(10-12-27-21(19)14-18)26-11-9-15-5-6-16-3-1-2-4-17(16)13-15/h1-8,10,12-14H,9,11H2,(H,26,27). The molecule has 0 aliphatic carbocycles. The van der Waals surface area contributed by atoms with Crippen LogP contribution in [0.25, 0.3) is 21.7 Å². The lowest BCUT2D eigenvalue weighted by atomic mass is 10.0. The average Bonchev–Trinajstić information content (AvgIpc) is 2.67. The summed E-state index contributed by atoms with van der Waals surface area (Å²) < 4.78 is 38.6. The summed E-state index contributed by atoms with van der Waals surface area (Å²) in [7, 11) is 0. The second kappa shape index (κ2) is 6.91. The predicted molar refractivity (Wildman–Crippen MR) is 103 cm³/mol. The summed E-state index contributed by atoms with van der Waals surface area (Å²) in [6.07, 6.45) is -2.02. The Morgan fingerprint density at radius 1 is 0.852 bits per heavy atom. The maximum Gasteiger partial charge on any atom is 0.416 e. The first-order chi connectivity index (χ1) is 13.0. The number of aromatic nitrogens is 1. The molecule has 2 nitrogen and oxygen atoms in total. The molecule has 0 spiro atoms. The van der Waals surface area contributed by atoms with E-state index in [-0.39, 0.29) is 0 Å². The zero-order chi connectivity index (χ0) is 18.9. The number of fused-ring (bicyclic) bond motifs is 2. The lowest BCUT2D eigenvalue weighted by Gasteiger charge is -2.12. The summed E-state index contributed by atoms with van der Waals surface area (Å²) in [5, 5.41) is 6.41. The van der Waals surface area contributed by atoms with Crippen molar-refractivity contribution in [3.63, 3.8) is 0 Å². The number of nitrogens with zero attached hydrogens (tertiary/aromatic N) is 1. The molecule has 5 heteroatoms. The van der Waals surface area contributed by atoms with Crippen molar-refractivity contribution in [1.29, 1.82) is 0 Å². The molecule has 1 N–H and O–H groups in total. The highest BCUT2D eigenvalue weighted by Crippen LogP contribution is 2.32. The van der Waals surface area contributed by atoms with Crippen LogP contribution in [0.15, 0.2) is 72.9 Å². The molecule has 27 heavy (non-hydrogen) atoms. The molecule has 1 aromatic heterocycles. The van der Waals surface area contributed by atoms with Gasteiger partial charge < -0.3 is 5.32 Å². The molecule has 0 unspecified atom stereocenters. The van der Waals surface area contributed by atoms with Gasteiger partial charge in [-0.25, -0.2) is 0 Å². The van der Waals surface area contributed by atoms with Gasteiger partial charge in [0.2, 0.25) is 0 Å². The fraction of sp³-hybridized carbons (Fsp3) is 0.136. The van der Waals surface area contributed by atoms with Gasteiger partial charge in [-0.3, -0.25) is 4.98 Å². The van der Waals surface area contributed by atoms with E-state index in [1.165, 1.54) is 28.6 Å². The Bertz CT molecular complexity index is 1100. The van der Waals surface area contributed by atoms with E-state index in [0.29, 0.717) is 17.4 Å². The molecule has 0 aliphatic rings. The molecule has 4 rings (SSSR count). The monoisotopic (exact) mass is 366 g/mol. The predicted octanol–water partition coefficient (Wildman–Crippen LogP) is 6.06. The molecular formula is C22H17F3N2. The first-order valence-electron chi connectivity index (χ1n) is 8.68. The number of benzene rings is 3. The molecule has 3 aromatic carbocycles. The maximum absolute atomic E-state index is 12.9. The smallest absolute Gasteiger partial charge is 0.384 e. The Balaban J connectivity index is 1.51. The fourth-order valence-corrected chi connectivity index (χ4v) is 3.21. The Morgan fingerprint density at radius 2 is 1.67 bits per heavy atom. The maximum atomic E-state index is 12.9. The molecule has 1 heterocycles. The SMILES string of the molecule is FC(F)(F)c1ccc2c(NCCc3ccc4ccccc4c3)ccnc2c1. The summed E-state index contributed by atoms with van der Waals surface area (Å²) in [5.41, 5.74) is 1.64. The summed E-state index contributed by atoms with van der Waals surface area (Å²) in [6, 6.07) is 20.0. The zero-order valence-corrected chi connectivity index (χ0v) is 14.4. The van der Waals surface area contributed by atoms with E-state index >= 15 is 0 Å². The van der Waals surface area contributed by atoms with Gasteiger partial charge in [-0.1, -0.05) is 48.5 Å². The number of hydrogen-bond acceptors (Lipinski definition) is 2. The van der Waals surface area contributed by atoms with Crippen LogP contribution in [0.5, 0.6) is 0 Å². The molecule has 4 aromatic rings. The highest BCUT2D eigenvalue weighted by atomic mass is 19.4. The number of halogens is 3. The lowest BCUT2D eigenvalue weighted by molar-refractivity contribution is -0.137. The van der Waals surface area contributed by atoms with Gasteiger partial charge in [-0.05, 0) is 41.0 Å². The molecule has 0 atom stereocenters. The molecule has 0 fully saturated rings. The van der Waals surface area contributed by atoms with Crippen LogP contribution in [-0.4, -0.2) is 11.5 Å². The van der Waals surface area contributed by atoms with Gasteiger partial charge in [-0.2, -0.15) is 13.2 Å². The van der Waals surface area contributed by atoms with E-state index in [0.717, 1.165) is 24.2 Å². The third-order valence-corrected chi connectivity index (χ3v) is 4.61. The van der Waals surface area contributed by atoms with Gasteiger partial charge >= 0.3 is 6.18 Å². The van der Waals surface area contributed by atoms with Gasteiger partial charge in [0.05, 0.1) is 11.1 Å². The molecule has 0 saturated carbocycles. The van der Waals surface area contributed by atoms with Gasteiger partial charge in [0, 0.05) is 23.8 Å². The first kappa shape index (κ1) is 17.3. The summed E-state index contributed by atoms with van der Waals surface area (Å²) in [5.74, 6) is 0. The molecule has 0 bridgehead atoms. The van der Waals surface area contributed by atoms with Crippen LogP contribution < -0.4 is 5.32 Å². The van der Waals surface area contributed by atoms with Crippen LogP contribution in [0.4, 0.5) is 18.9 Å². The third kappa shape index (κ3) is 3.72. The van der Waals surface area contributed by atoms with Crippen LogP contribution in [0.3, 0.4) is 0 Å². The number of nitrogens with one attached hydrogen (secondary N) is 1. The molecule has 0 saturated heterocycles. The quantitative estimate of drug-likeness (QED) is 0.475. The van der Waals surface area contributed by atoms with E-state index < -0.39 is 11.7 Å². The molecular weight excluding hydrogens is 349 g/mol. The van der Waals surface area contributed by atoms with Crippen molar-refractivity contribution in [2.45, 2.75) is 12.6 Å². The van der Waals surface area contributed by atoms with E-state index in [1.807, 2.05) is 12.1 Å². The van der Waals surface area contributed by atoms with Crippen molar-refractivity contribution in [2.75, 3.05) is 11.9 Å². The highest BCUT2D eigenvalue weighted by Gasteiger charge is 2.30. The topological polar surface area (TPSA) is 24.9 Å². The van der Waals surface area contributed by atoms with Crippen molar-refractivity contribution in [1.82, 2.24) is 4.98 Å². The third-order valence-electron chi connectivity index (χ3n) is 4.61. The van der Waals surface area contributed by atoms with Gasteiger partial charge in [0.1, 0.15) is 0 Å². The van der Waals surface area contributed by atoms with Crippen LogP contribution in [-0.2, 0) is 12.6 Å². The van der Waals surface area contributed by atoms with E-state index in [2.05, 4.69) is 40.6 Å². The number of rotatable bonds is 4. The van der Waals surface area contributed by atoms with Crippen molar-refractivity contribution in [3.05, 3.63) is 84.1 Å². The largest absolute Gasteiger partial charge is 0.416 e. The van der Waals surface area contributed by atoms with Crippen molar-refractivity contribution in [2.24, 2.45) is 0 Å².